The van der Waals surface area contributed by atoms with E-state index in [1.54, 1.807) is 31.2 Å². The molecule has 2 N–H and O–H groups in total. The Kier molecular flexibility index (Phi) is 4.92. The third kappa shape index (κ3) is 4.02. The lowest BCUT2D eigenvalue weighted by atomic mass is 10.3. The first kappa shape index (κ1) is 15.5. The monoisotopic (exact) mass is 310 g/mol. The molecular weight excluding hydrogens is 292 g/mol. The van der Waals surface area contributed by atoms with Gasteiger partial charge < -0.3 is 9.84 Å². The Morgan fingerprint density at radius 1 is 1.29 bits per heavy atom. The molecule has 1 aromatic carbocycles. The number of nitrogens with one attached hydrogen (secondary N) is 2. The molecule has 0 atom stereocenters. The smallest absolute Gasteiger partial charge is 0.245 e. The van der Waals surface area contributed by atoms with Gasteiger partial charge in [0.25, 0.3) is 0 Å². The molecule has 0 aliphatic carbocycles. The number of hydrogen-bond donors (Lipinski definition) is 2. The van der Waals surface area contributed by atoms with E-state index in [0.29, 0.717) is 23.9 Å². The summed E-state index contributed by atoms with van der Waals surface area (Å²) in [6.45, 7) is 4.30. The van der Waals surface area contributed by atoms with Gasteiger partial charge in [0, 0.05) is 6.54 Å². The molecule has 0 spiro atoms. The van der Waals surface area contributed by atoms with Crippen LogP contribution in [0.1, 0.15) is 25.1 Å². The Labute approximate surface area is 123 Å². The maximum absolute atomic E-state index is 12.2. The summed E-state index contributed by atoms with van der Waals surface area (Å²) in [5.41, 5.74) is 0.497. The van der Waals surface area contributed by atoms with Crippen molar-refractivity contribution in [2.75, 3.05) is 11.9 Å². The van der Waals surface area contributed by atoms with Gasteiger partial charge in [0.2, 0.25) is 15.9 Å². The highest BCUT2D eigenvalue weighted by atomic mass is 32.2. The van der Waals surface area contributed by atoms with Crippen molar-refractivity contribution in [1.82, 2.24) is 14.9 Å². The quantitative estimate of drug-likeness (QED) is 0.807. The first-order valence-corrected chi connectivity index (χ1v) is 8.13. The topological polar surface area (TPSA) is 97.1 Å². The second-order valence-corrected chi connectivity index (χ2v) is 6.22. The first-order chi connectivity index (χ1) is 10.0. The van der Waals surface area contributed by atoms with Crippen LogP contribution in [0.25, 0.3) is 0 Å². The molecule has 0 saturated carbocycles. The van der Waals surface area contributed by atoms with E-state index in [9.17, 15) is 8.42 Å². The molecule has 0 aliphatic heterocycles. The Bertz CT molecular complexity index is 697. The molecule has 0 unspecified atom stereocenters. The molecule has 0 aliphatic rings. The predicted molar refractivity (Wildman–Crippen MR) is 78.3 cm³/mol. The van der Waals surface area contributed by atoms with Crippen LogP contribution in [0.4, 0.5) is 5.69 Å². The fourth-order valence-corrected chi connectivity index (χ4v) is 3.06. The summed E-state index contributed by atoms with van der Waals surface area (Å²) in [6, 6.07) is 6.70. The molecular formula is C13H18N4O3S. The molecule has 0 amide bonds. The van der Waals surface area contributed by atoms with Crippen molar-refractivity contribution in [1.29, 1.82) is 0 Å². The Morgan fingerprint density at radius 3 is 2.71 bits per heavy atom. The summed E-state index contributed by atoms with van der Waals surface area (Å²) in [6.07, 6.45) is 0.732. The largest absolute Gasteiger partial charge is 0.375 e. The van der Waals surface area contributed by atoms with Crippen molar-refractivity contribution in [3.8, 4) is 0 Å². The maximum Gasteiger partial charge on any atom is 0.245 e. The minimum Gasteiger partial charge on any atom is -0.375 e. The van der Waals surface area contributed by atoms with E-state index in [-0.39, 0.29) is 11.4 Å². The summed E-state index contributed by atoms with van der Waals surface area (Å²) in [5, 5.41) is 6.69. The van der Waals surface area contributed by atoms with Gasteiger partial charge in [-0.15, -0.1) is 0 Å². The molecule has 114 valence electrons. The Balaban J connectivity index is 2.16. The van der Waals surface area contributed by atoms with Gasteiger partial charge in [0.05, 0.1) is 12.2 Å². The third-order valence-corrected chi connectivity index (χ3v) is 4.24. The second-order valence-electron chi connectivity index (χ2n) is 4.48. The van der Waals surface area contributed by atoms with E-state index in [4.69, 9.17) is 4.52 Å². The van der Waals surface area contributed by atoms with Crippen LogP contribution in [-0.4, -0.2) is 25.1 Å². The van der Waals surface area contributed by atoms with E-state index in [2.05, 4.69) is 20.2 Å². The number of sulfonamides is 1. The second kappa shape index (κ2) is 6.68. The first-order valence-electron chi connectivity index (χ1n) is 6.64. The number of para-hydroxylation sites is 1. The molecule has 0 radical (unpaired) electrons. The van der Waals surface area contributed by atoms with Crippen LogP contribution >= 0.6 is 0 Å². The predicted octanol–water partition coefficient (Wildman–Crippen LogP) is 1.68. The molecule has 8 heteroatoms. The summed E-state index contributed by atoms with van der Waals surface area (Å²) >= 11 is 0. The van der Waals surface area contributed by atoms with Crippen LogP contribution < -0.4 is 10.0 Å². The number of nitrogens with zero attached hydrogens (tertiary/aromatic N) is 2. The normalized spacial score (nSPS) is 11.5. The van der Waals surface area contributed by atoms with Gasteiger partial charge in [-0.3, -0.25) is 0 Å². The number of hydrogen-bond acceptors (Lipinski definition) is 6. The van der Waals surface area contributed by atoms with Crippen molar-refractivity contribution in [2.45, 2.75) is 31.7 Å². The summed E-state index contributed by atoms with van der Waals surface area (Å²) < 4.78 is 32.0. The van der Waals surface area contributed by atoms with Gasteiger partial charge in [0.1, 0.15) is 4.90 Å². The standard InChI is InChI=1S/C13H18N4O3S/c1-3-8-15-21(18,19)12-7-5-4-6-11(12)14-9-13-16-10(2)17-20-13/h4-7,14-15H,3,8-9H2,1-2H3. The molecule has 0 bridgehead atoms. The minimum absolute atomic E-state index is 0.203. The maximum atomic E-state index is 12.2. The number of benzene rings is 1. The fourth-order valence-electron chi connectivity index (χ4n) is 1.74. The minimum atomic E-state index is -3.53. The third-order valence-electron chi connectivity index (χ3n) is 2.72. The van der Waals surface area contributed by atoms with E-state index < -0.39 is 10.0 Å². The summed E-state index contributed by atoms with van der Waals surface area (Å²) in [4.78, 5) is 4.27. The van der Waals surface area contributed by atoms with Crippen molar-refractivity contribution in [2.24, 2.45) is 0 Å². The number of aryl methyl sites for hydroxylation is 1. The van der Waals surface area contributed by atoms with Crippen molar-refractivity contribution in [3.63, 3.8) is 0 Å². The number of anilines is 1. The average Bonchev–Trinajstić information content (AvgIpc) is 2.89. The van der Waals surface area contributed by atoms with Gasteiger partial charge in [0.15, 0.2) is 5.82 Å². The zero-order chi connectivity index (χ0) is 15.3. The Morgan fingerprint density at radius 2 is 2.05 bits per heavy atom. The summed E-state index contributed by atoms with van der Waals surface area (Å²) in [5.74, 6) is 0.943. The molecule has 2 rings (SSSR count). The average molecular weight is 310 g/mol. The van der Waals surface area contributed by atoms with E-state index in [1.807, 2.05) is 6.92 Å². The highest BCUT2D eigenvalue weighted by Gasteiger charge is 2.17. The molecule has 0 saturated heterocycles. The zero-order valence-electron chi connectivity index (χ0n) is 12.0. The molecule has 21 heavy (non-hydrogen) atoms. The molecule has 0 fully saturated rings. The highest BCUT2D eigenvalue weighted by molar-refractivity contribution is 7.89. The van der Waals surface area contributed by atoms with Gasteiger partial charge in [-0.1, -0.05) is 24.2 Å². The van der Waals surface area contributed by atoms with E-state index in [1.165, 1.54) is 0 Å². The SMILES string of the molecule is CCCNS(=O)(=O)c1ccccc1NCc1nc(C)no1. The lowest BCUT2D eigenvalue weighted by Crippen LogP contribution is -2.25. The lowest BCUT2D eigenvalue weighted by Gasteiger charge is -2.11. The highest BCUT2D eigenvalue weighted by Crippen LogP contribution is 2.21. The number of rotatable bonds is 7. The van der Waals surface area contributed by atoms with E-state index >= 15 is 0 Å². The Hall–Kier alpha value is -1.93. The molecule has 1 heterocycles. The fraction of sp³-hybridized carbons (Fsp3) is 0.385. The van der Waals surface area contributed by atoms with Crippen LogP contribution in [0.5, 0.6) is 0 Å². The van der Waals surface area contributed by atoms with Crippen LogP contribution in [0.3, 0.4) is 0 Å². The van der Waals surface area contributed by atoms with Crippen molar-refractivity contribution >= 4 is 15.7 Å². The molecule has 7 nitrogen and oxygen atoms in total. The van der Waals surface area contributed by atoms with Crippen LogP contribution in [0.15, 0.2) is 33.7 Å². The summed E-state index contributed by atoms with van der Waals surface area (Å²) in [7, 11) is -3.53. The molecule has 1 aromatic heterocycles. The van der Waals surface area contributed by atoms with Crippen molar-refractivity contribution < 1.29 is 12.9 Å². The number of aromatic nitrogens is 2. The van der Waals surface area contributed by atoms with Crippen LogP contribution in [0.2, 0.25) is 0 Å². The van der Waals surface area contributed by atoms with E-state index in [0.717, 1.165) is 6.42 Å². The van der Waals surface area contributed by atoms with Crippen molar-refractivity contribution in [3.05, 3.63) is 36.0 Å². The van der Waals surface area contributed by atoms with Gasteiger partial charge in [-0.25, -0.2) is 13.1 Å². The molecule has 2 aromatic rings. The van der Waals surface area contributed by atoms with Gasteiger partial charge >= 0.3 is 0 Å². The van der Waals surface area contributed by atoms with Gasteiger partial charge in [-0.2, -0.15) is 4.98 Å². The van der Waals surface area contributed by atoms with Crippen LogP contribution in [-0.2, 0) is 16.6 Å². The van der Waals surface area contributed by atoms with Crippen LogP contribution in [0, 0.1) is 6.92 Å². The van der Waals surface area contributed by atoms with Gasteiger partial charge in [-0.05, 0) is 25.5 Å². The lowest BCUT2D eigenvalue weighted by molar-refractivity contribution is 0.379. The zero-order valence-corrected chi connectivity index (χ0v) is 12.8.